The van der Waals surface area contributed by atoms with Gasteiger partial charge in [0.05, 0.1) is 11.8 Å². The summed E-state index contributed by atoms with van der Waals surface area (Å²) < 4.78 is 5.92. The zero-order valence-electron chi connectivity index (χ0n) is 13.9. The third kappa shape index (κ3) is 5.83. The van der Waals surface area contributed by atoms with Crippen molar-refractivity contribution in [2.45, 2.75) is 46.8 Å². The maximum Gasteiger partial charge on any atom is 0.143 e. The SMILES string of the molecule is CC(C)CCNCc1ccc(N(C)C)c(OC(C)C)c1. The number of benzene rings is 1. The van der Waals surface area contributed by atoms with Gasteiger partial charge < -0.3 is 15.0 Å². The molecule has 0 aliphatic rings. The molecule has 114 valence electrons. The van der Waals surface area contributed by atoms with Crippen LogP contribution in [0.3, 0.4) is 0 Å². The molecule has 0 heterocycles. The minimum Gasteiger partial charge on any atom is -0.489 e. The Labute approximate surface area is 124 Å². The number of nitrogens with one attached hydrogen (secondary N) is 1. The topological polar surface area (TPSA) is 24.5 Å². The van der Waals surface area contributed by atoms with Crippen LogP contribution in [0.15, 0.2) is 18.2 Å². The highest BCUT2D eigenvalue weighted by atomic mass is 16.5. The van der Waals surface area contributed by atoms with Crippen LogP contribution in [0.5, 0.6) is 5.75 Å². The van der Waals surface area contributed by atoms with E-state index in [1.165, 1.54) is 12.0 Å². The van der Waals surface area contributed by atoms with Gasteiger partial charge in [-0.05, 0) is 50.4 Å². The summed E-state index contributed by atoms with van der Waals surface area (Å²) in [5, 5.41) is 3.49. The third-order valence-corrected chi connectivity index (χ3v) is 3.10. The second kappa shape index (κ2) is 8.15. The first-order chi connectivity index (χ1) is 9.40. The van der Waals surface area contributed by atoms with Gasteiger partial charge in [-0.2, -0.15) is 0 Å². The Morgan fingerprint density at radius 2 is 1.85 bits per heavy atom. The Balaban J connectivity index is 2.68. The van der Waals surface area contributed by atoms with Gasteiger partial charge in [0, 0.05) is 20.6 Å². The van der Waals surface area contributed by atoms with Crippen molar-refractivity contribution in [1.29, 1.82) is 0 Å². The molecule has 0 aromatic heterocycles. The molecule has 0 saturated heterocycles. The first-order valence-corrected chi connectivity index (χ1v) is 7.57. The fourth-order valence-corrected chi connectivity index (χ4v) is 2.01. The minimum absolute atomic E-state index is 0.192. The average molecular weight is 278 g/mol. The van der Waals surface area contributed by atoms with Gasteiger partial charge in [0.25, 0.3) is 0 Å². The van der Waals surface area contributed by atoms with Crippen molar-refractivity contribution in [3.05, 3.63) is 23.8 Å². The van der Waals surface area contributed by atoms with Crippen molar-refractivity contribution < 1.29 is 4.74 Å². The molecular weight excluding hydrogens is 248 g/mol. The zero-order valence-corrected chi connectivity index (χ0v) is 13.9. The normalized spacial score (nSPS) is 11.2. The van der Waals surface area contributed by atoms with Gasteiger partial charge >= 0.3 is 0 Å². The van der Waals surface area contributed by atoms with Gasteiger partial charge in [-0.25, -0.2) is 0 Å². The highest BCUT2D eigenvalue weighted by Crippen LogP contribution is 2.29. The fourth-order valence-electron chi connectivity index (χ4n) is 2.01. The molecule has 3 heteroatoms. The van der Waals surface area contributed by atoms with Crippen molar-refractivity contribution in [3.63, 3.8) is 0 Å². The second-order valence-corrected chi connectivity index (χ2v) is 6.22. The zero-order chi connectivity index (χ0) is 15.1. The summed E-state index contributed by atoms with van der Waals surface area (Å²) in [4.78, 5) is 2.09. The first-order valence-electron chi connectivity index (χ1n) is 7.57. The van der Waals surface area contributed by atoms with E-state index in [2.05, 4.69) is 56.1 Å². The molecule has 0 atom stereocenters. The van der Waals surface area contributed by atoms with Gasteiger partial charge in [-0.15, -0.1) is 0 Å². The Hall–Kier alpha value is -1.22. The monoisotopic (exact) mass is 278 g/mol. The Morgan fingerprint density at radius 1 is 1.15 bits per heavy atom. The van der Waals surface area contributed by atoms with E-state index in [-0.39, 0.29) is 6.10 Å². The van der Waals surface area contributed by atoms with Crippen LogP contribution >= 0.6 is 0 Å². The number of hydrogen-bond acceptors (Lipinski definition) is 3. The molecule has 1 aromatic carbocycles. The van der Waals surface area contributed by atoms with Crippen LogP contribution in [0.25, 0.3) is 0 Å². The summed E-state index contributed by atoms with van der Waals surface area (Å²) in [6.07, 6.45) is 1.41. The van der Waals surface area contributed by atoms with Crippen molar-refractivity contribution in [2.75, 3.05) is 25.5 Å². The van der Waals surface area contributed by atoms with E-state index in [9.17, 15) is 0 Å². The Kier molecular flexibility index (Phi) is 6.86. The lowest BCUT2D eigenvalue weighted by atomic mass is 10.1. The molecule has 0 saturated carbocycles. The molecule has 0 fully saturated rings. The maximum atomic E-state index is 5.92. The Morgan fingerprint density at radius 3 is 2.40 bits per heavy atom. The second-order valence-electron chi connectivity index (χ2n) is 6.22. The highest BCUT2D eigenvalue weighted by Gasteiger charge is 2.09. The molecule has 0 unspecified atom stereocenters. The molecule has 0 aliphatic heterocycles. The van der Waals surface area contributed by atoms with E-state index in [0.29, 0.717) is 0 Å². The third-order valence-electron chi connectivity index (χ3n) is 3.10. The van der Waals surface area contributed by atoms with E-state index in [4.69, 9.17) is 4.74 Å². The molecule has 0 radical (unpaired) electrons. The van der Waals surface area contributed by atoms with Crippen LogP contribution in [0.1, 0.15) is 39.7 Å². The molecule has 20 heavy (non-hydrogen) atoms. The van der Waals surface area contributed by atoms with E-state index in [1.54, 1.807) is 0 Å². The van der Waals surface area contributed by atoms with Crippen LogP contribution in [-0.4, -0.2) is 26.7 Å². The van der Waals surface area contributed by atoms with Crippen molar-refractivity contribution >= 4 is 5.69 Å². The van der Waals surface area contributed by atoms with Gasteiger partial charge in [-0.3, -0.25) is 0 Å². The highest BCUT2D eigenvalue weighted by molar-refractivity contribution is 5.59. The first kappa shape index (κ1) is 16.8. The summed E-state index contributed by atoms with van der Waals surface area (Å²) in [6, 6.07) is 6.46. The number of rotatable bonds is 8. The van der Waals surface area contributed by atoms with Crippen molar-refractivity contribution in [1.82, 2.24) is 5.32 Å². The summed E-state index contributed by atoms with van der Waals surface area (Å²) in [6.45, 7) is 10.6. The Bertz CT molecular complexity index is 400. The molecule has 1 rings (SSSR count). The molecular formula is C17H30N2O. The fraction of sp³-hybridized carbons (Fsp3) is 0.647. The number of anilines is 1. The molecule has 0 amide bonds. The van der Waals surface area contributed by atoms with Crippen LogP contribution < -0.4 is 15.0 Å². The van der Waals surface area contributed by atoms with E-state index in [1.807, 2.05) is 14.1 Å². The summed E-state index contributed by atoms with van der Waals surface area (Å²) in [7, 11) is 4.09. The lowest BCUT2D eigenvalue weighted by Gasteiger charge is -2.20. The number of hydrogen-bond donors (Lipinski definition) is 1. The number of nitrogens with zero attached hydrogens (tertiary/aromatic N) is 1. The molecule has 0 bridgehead atoms. The van der Waals surface area contributed by atoms with Crippen LogP contribution in [0.2, 0.25) is 0 Å². The van der Waals surface area contributed by atoms with Gasteiger partial charge in [0.1, 0.15) is 5.75 Å². The lowest BCUT2D eigenvalue weighted by molar-refractivity contribution is 0.243. The summed E-state index contributed by atoms with van der Waals surface area (Å²) in [5.41, 5.74) is 2.40. The van der Waals surface area contributed by atoms with Gasteiger partial charge in [-0.1, -0.05) is 19.9 Å². The molecule has 0 spiro atoms. The van der Waals surface area contributed by atoms with E-state index >= 15 is 0 Å². The quantitative estimate of drug-likeness (QED) is 0.734. The standard InChI is InChI=1S/C17H30N2O/c1-13(2)9-10-18-12-15-7-8-16(19(5)6)17(11-15)20-14(3)4/h7-8,11,13-14,18H,9-10,12H2,1-6H3. The van der Waals surface area contributed by atoms with Gasteiger partial charge in [0.15, 0.2) is 0 Å². The minimum atomic E-state index is 0.192. The van der Waals surface area contributed by atoms with Crippen LogP contribution in [0.4, 0.5) is 5.69 Å². The van der Waals surface area contributed by atoms with Crippen LogP contribution in [0, 0.1) is 5.92 Å². The average Bonchev–Trinajstić information content (AvgIpc) is 2.33. The summed E-state index contributed by atoms with van der Waals surface area (Å²) in [5.74, 6) is 1.71. The molecule has 3 nitrogen and oxygen atoms in total. The van der Waals surface area contributed by atoms with Crippen LogP contribution in [-0.2, 0) is 6.54 Å². The number of ether oxygens (including phenoxy) is 1. The largest absolute Gasteiger partial charge is 0.489 e. The lowest BCUT2D eigenvalue weighted by Crippen LogP contribution is -2.17. The molecule has 0 aliphatic carbocycles. The van der Waals surface area contributed by atoms with Gasteiger partial charge in [0.2, 0.25) is 0 Å². The molecule has 1 N–H and O–H groups in total. The molecule has 1 aromatic rings. The van der Waals surface area contributed by atoms with Crippen molar-refractivity contribution in [3.8, 4) is 5.75 Å². The van der Waals surface area contributed by atoms with E-state index in [0.717, 1.165) is 30.4 Å². The predicted octanol–water partition coefficient (Wildman–Crippen LogP) is 3.68. The van der Waals surface area contributed by atoms with E-state index < -0.39 is 0 Å². The van der Waals surface area contributed by atoms with Crippen molar-refractivity contribution in [2.24, 2.45) is 5.92 Å². The maximum absolute atomic E-state index is 5.92. The smallest absolute Gasteiger partial charge is 0.143 e. The summed E-state index contributed by atoms with van der Waals surface area (Å²) >= 11 is 0. The predicted molar refractivity (Wildman–Crippen MR) is 87.7 cm³/mol.